The number of likely N-dealkylation sites (tertiary alicyclic amines) is 1. The molecule has 1 aliphatic heterocycles. The van der Waals surface area contributed by atoms with Gasteiger partial charge in [-0.2, -0.15) is 0 Å². The normalized spacial score (nSPS) is 28.3. The molecule has 6 nitrogen and oxygen atoms in total. The number of amides is 2. The van der Waals surface area contributed by atoms with E-state index >= 15 is 0 Å². The molecule has 1 aromatic heterocycles. The molecule has 2 heterocycles. The maximum Gasteiger partial charge on any atom is 0.274 e. The van der Waals surface area contributed by atoms with Crippen molar-refractivity contribution in [2.24, 2.45) is 18.4 Å². The van der Waals surface area contributed by atoms with Crippen LogP contribution in [-0.2, 0) is 11.8 Å². The fourth-order valence-corrected chi connectivity index (χ4v) is 3.97. The second kappa shape index (κ2) is 5.16. The molecule has 2 unspecified atom stereocenters. The van der Waals surface area contributed by atoms with E-state index in [1.165, 1.54) is 0 Å². The summed E-state index contributed by atoms with van der Waals surface area (Å²) in [6.45, 7) is 1.41. The molecule has 1 saturated carbocycles. The fourth-order valence-electron chi connectivity index (χ4n) is 3.97. The number of hydrogen-bond donors (Lipinski definition) is 1. The first-order valence-corrected chi connectivity index (χ1v) is 7.54. The van der Waals surface area contributed by atoms with E-state index in [0.29, 0.717) is 12.2 Å². The zero-order valence-electron chi connectivity index (χ0n) is 12.6. The molecule has 21 heavy (non-hydrogen) atoms. The van der Waals surface area contributed by atoms with E-state index in [4.69, 9.17) is 0 Å². The molecule has 1 spiro atoms. The Morgan fingerprint density at radius 1 is 1.43 bits per heavy atom. The second-order valence-corrected chi connectivity index (χ2v) is 6.32. The highest BCUT2D eigenvalue weighted by molar-refractivity contribution is 5.92. The minimum atomic E-state index is -0.0233. The van der Waals surface area contributed by atoms with Crippen LogP contribution in [0.2, 0.25) is 0 Å². The van der Waals surface area contributed by atoms with Crippen LogP contribution >= 0.6 is 0 Å². The lowest BCUT2D eigenvalue weighted by atomic mass is 9.76. The van der Waals surface area contributed by atoms with Gasteiger partial charge in [0.25, 0.3) is 5.91 Å². The molecule has 0 bridgehead atoms. The number of carbonyl (C=O) groups excluding carboxylic acids is 2. The molecule has 1 N–H and O–H groups in total. The molecule has 114 valence electrons. The van der Waals surface area contributed by atoms with Crippen molar-refractivity contribution in [1.29, 1.82) is 0 Å². The van der Waals surface area contributed by atoms with Gasteiger partial charge >= 0.3 is 0 Å². The molecule has 0 radical (unpaired) electrons. The van der Waals surface area contributed by atoms with Crippen molar-refractivity contribution >= 4 is 11.8 Å². The van der Waals surface area contributed by atoms with Gasteiger partial charge in [0.15, 0.2) is 0 Å². The molecular weight excluding hydrogens is 268 g/mol. The molecule has 2 atom stereocenters. The van der Waals surface area contributed by atoms with Crippen LogP contribution in [-0.4, -0.2) is 46.4 Å². The van der Waals surface area contributed by atoms with Crippen molar-refractivity contribution in [3.8, 4) is 0 Å². The number of hydrogen-bond acceptors (Lipinski definition) is 3. The summed E-state index contributed by atoms with van der Waals surface area (Å²) in [5.74, 6) is 0.152. The van der Waals surface area contributed by atoms with Gasteiger partial charge in [-0.1, -0.05) is 6.42 Å². The van der Waals surface area contributed by atoms with Crippen molar-refractivity contribution < 1.29 is 9.59 Å². The second-order valence-electron chi connectivity index (χ2n) is 6.32. The zero-order valence-corrected chi connectivity index (χ0v) is 12.6. The molecule has 2 fully saturated rings. The first kappa shape index (κ1) is 14.1. The van der Waals surface area contributed by atoms with Crippen LogP contribution in [0.4, 0.5) is 0 Å². The highest BCUT2D eigenvalue weighted by Gasteiger charge is 2.51. The molecule has 1 saturated heterocycles. The molecule has 0 aromatic carbocycles. The zero-order chi connectivity index (χ0) is 15.0. The number of nitrogens with zero attached hydrogens (tertiary/aromatic N) is 3. The minimum Gasteiger partial charge on any atom is -0.359 e. The van der Waals surface area contributed by atoms with Gasteiger partial charge in [0.1, 0.15) is 5.69 Å². The van der Waals surface area contributed by atoms with Crippen molar-refractivity contribution in [3.05, 3.63) is 18.2 Å². The average molecular weight is 290 g/mol. The Balaban J connectivity index is 1.75. The topological polar surface area (TPSA) is 67.2 Å². The van der Waals surface area contributed by atoms with Crippen molar-refractivity contribution in [2.45, 2.75) is 25.7 Å². The number of nitrogens with one attached hydrogen (secondary N) is 1. The first-order chi connectivity index (χ1) is 10.1. The van der Waals surface area contributed by atoms with Gasteiger partial charge in [0.05, 0.1) is 6.33 Å². The minimum absolute atomic E-state index is 0.0185. The smallest absolute Gasteiger partial charge is 0.274 e. The monoisotopic (exact) mass is 290 g/mol. The number of carbonyl (C=O) groups is 2. The predicted octanol–water partition coefficient (Wildman–Crippen LogP) is 0.798. The molecule has 1 aliphatic carbocycles. The predicted molar refractivity (Wildman–Crippen MR) is 77.6 cm³/mol. The van der Waals surface area contributed by atoms with Gasteiger partial charge in [-0.05, 0) is 19.3 Å². The van der Waals surface area contributed by atoms with E-state index in [1.807, 2.05) is 11.9 Å². The van der Waals surface area contributed by atoms with E-state index in [2.05, 4.69) is 10.3 Å². The van der Waals surface area contributed by atoms with Gasteiger partial charge < -0.3 is 14.8 Å². The summed E-state index contributed by atoms with van der Waals surface area (Å²) in [5, 5.41) is 2.78. The van der Waals surface area contributed by atoms with E-state index in [1.54, 1.807) is 24.1 Å². The van der Waals surface area contributed by atoms with Crippen molar-refractivity contribution in [2.75, 3.05) is 20.1 Å². The lowest BCUT2D eigenvalue weighted by Crippen LogP contribution is -2.40. The van der Waals surface area contributed by atoms with Crippen molar-refractivity contribution in [1.82, 2.24) is 19.8 Å². The van der Waals surface area contributed by atoms with Gasteiger partial charge in [-0.15, -0.1) is 0 Å². The summed E-state index contributed by atoms with van der Waals surface area (Å²) in [7, 11) is 3.55. The highest BCUT2D eigenvalue weighted by Crippen LogP contribution is 2.49. The summed E-state index contributed by atoms with van der Waals surface area (Å²) in [4.78, 5) is 30.6. The van der Waals surface area contributed by atoms with Crippen LogP contribution in [0, 0.1) is 11.3 Å². The lowest BCUT2D eigenvalue weighted by Gasteiger charge is -2.30. The third kappa shape index (κ3) is 2.32. The maximum atomic E-state index is 12.5. The summed E-state index contributed by atoms with van der Waals surface area (Å²) >= 11 is 0. The van der Waals surface area contributed by atoms with Crippen LogP contribution in [0.15, 0.2) is 12.5 Å². The fraction of sp³-hybridized carbons (Fsp3) is 0.667. The summed E-state index contributed by atoms with van der Waals surface area (Å²) in [5.41, 5.74) is 0.467. The summed E-state index contributed by atoms with van der Waals surface area (Å²) in [6.07, 6.45) is 7.36. The molecule has 3 rings (SSSR count). The van der Waals surface area contributed by atoms with Gasteiger partial charge in [-0.25, -0.2) is 4.98 Å². The largest absolute Gasteiger partial charge is 0.359 e. The summed E-state index contributed by atoms with van der Waals surface area (Å²) in [6, 6.07) is 0. The average Bonchev–Trinajstić information content (AvgIpc) is 3.19. The van der Waals surface area contributed by atoms with E-state index < -0.39 is 0 Å². The van der Waals surface area contributed by atoms with Crippen LogP contribution in [0.1, 0.15) is 36.2 Å². The quantitative estimate of drug-likeness (QED) is 0.876. The van der Waals surface area contributed by atoms with Crippen LogP contribution in [0.3, 0.4) is 0 Å². The number of imidazole rings is 1. The number of aryl methyl sites for hydroxylation is 1. The highest BCUT2D eigenvalue weighted by atomic mass is 16.2. The molecule has 2 aliphatic rings. The number of aromatic nitrogens is 2. The summed E-state index contributed by atoms with van der Waals surface area (Å²) < 4.78 is 1.78. The Labute approximate surface area is 124 Å². The molecule has 6 heteroatoms. The molecular formula is C15H22N4O2. The number of rotatable bonds is 2. The molecule has 2 amide bonds. The van der Waals surface area contributed by atoms with Crippen LogP contribution < -0.4 is 5.32 Å². The Morgan fingerprint density at radius 3 is 2.90 bits per heavy atom. The maximum absolute atomic E-state index is 12.5. The Morgan fingerprint density at radius 2 is 2.24 bits per heavy atom. The van der Waals surface area contributed by atoms with Gasteiger partial charge in [-0.3, -0.25) is 9.59 Å². The van der Waals surface area contributed by atoms with E-state index in [-0.39, 0.29) is 23.1 Å². The van der Waals surface area contributed by atoms with Crippen LogP contribution in [0.5, 0.6) is 0 Å². The first-order valence-electron chi connectivity index (χ1n) is 7.54. The van der Waals surface area contributed by atoms with Gasteiger partial charge in [0, 0.05) is 44.7 Å². The van der Waals surface area contributed by atoms with Crippen LogP contribution in [0.25, 0.3) is 0 Å². The Hall–Kier alpha value is -1.85. The van der Waals surface area contributed by atoms with E-state index in [9.17, 15) is 9.59 Å². The van der Waals surface area contributed by atoms with Gasteiger partial charge in [0.2, 0.25) is 5.91 Å². The Bertz CT molecular complexity index is 568. The Kier molecular flexibility index (Phi) is 3.47. The third-order valence-corrected chi connectivity index (χ3v) is 5.07. The third-order valence-electron chi connectivity index (χ3n) is 5.07. The standard InChI is InChI=1S/C15H22N4O2/c1-16-13(20)11-4-3-5-15(11)6-7-19(9-15)14(21)12-8-18(2)10-17-12/h8,10-11H,3-7,9H2,1-2H3,(H,16,20). The lowest BCUT2D eigenvalue weighted by molar-refractivity contribution is -0.127. The van der Waals surface area contributed by atoms with E-state index in [0.717, 1.165) is 32.2 Å². The SMILES string of the molecule is CNC(=O)C1CCCC12CCN(C(=O)c1cn(C)cn1)C2. The molecule has 1 aromatic rings. The van der Waals surface area contributed by atoms with Crippen molar-refractivity contribution in [3.63, 3.8) is 0 Å².